The van der Waals surface area contributed by atoms with Crippen molar-refractivity contribution in [3.8, 4) is 0 Å². The molecule has 0 aliphatic heterocycles. The molecule has 1 heterocycles. The molecule has 0 radical (unpaired) electrons. The number of fused-ring (bicyclic) bond motifs is 1. The van der Waals surface area contributed by atoms with E-state index >= 15 is 0 Å². The third kappa shape index (κ3) is 3.38. The van der Waals surface area contributed by atoms with E-state index in [9.17, 15) is 4.79 Å². The predicted molar refractivity (Wildman–Crippen MR) is 80.5 cm³/mol. The molecule has 2 aromatic rings. The molecule has 0 aliphatic rings. The molecule has 0 atom stereocenters. The van der Waals surface area contributed by atoms with Gasteiger partial charge in [-0.3, -0.25) is 9.78 Å². The number of carbonyl (C=O) groups is 1. The summed E-state index contributed by atoms with van der Waals surface area (Å²) in [6, 6.07) is 5.74. The van der Waals surface area contributed by atoms with E-state index in [4.69, 9.17) is 10.5 Å². The van der Waals surface area contributed by atoms with Crippen LogP contribution in [-0.2, 0) is 9.53 Å². The Kier molecular flexibility index (Phi) is 4.76. The number of rotatable bonds is 6. The lowest BCUT2D eigenvalue weighted by atomic mass is 10.1. The highest BCUT2D eigenvalue weighted by atomic mass is 16.5. The van der Waals surface area contributed by atoms with Crippen molar-refractivity contribution in [3.05, 3.63) is 30.6 Å². The van der Waals surface area contributed by atoms with Gasteiger partial charge in [0.15, 0.2) is 0 Å². The Hall–Kier alpha value is -2.30. The van der Waals surface area contributed by atoms with Gasteiger partial charge >= 0.3 is 5.97 Å². The number of hydrogen-bond acceptors (Lipinski definition) is 5. The van der Waals surface area contributed by atoms with E-state index < -0.39 is 0 Å². The SMILES string of the molecule is CCOC(=O)CCCNc1ccc(N)c2cnccc12. The number of hydrogen-bond donors (Lipinski definition) is 2. The van der Waals surface area contributed by atoms with Crippen LogP contribution in [0, 0.1) is 0 Å². The Balaban J connectivity index is 1.97. The third-order valence-corrected chi connectivity index (χ3v) is 3.03. The number of pyridine rings is 1. The zero-order valence-corrected chi connectivity index (χ0v) is 11.6. The van der Waals surface area contributed by atoms with E-state index in [0.717, 1.165) is 22.9 Å². The Labute approximate surface area is 118 Å². The fourth-order valence-electron chi connectivity index (χ4n) is 2.06. The lowest BCUT2D eigenvalue weighted by Gasteiger charge is -2.10. The Morgan fingerprint density at radius 1 is 1.35 bits per heavy atom. The van der Waals surface area contributed by atoms with Crippen molar-refractivity contribution in [2.45, 2.75) is 19.8 Å². The number of nitrogen functional groups attached to an aromatic ring is 1. The molecule has 5 heteroatoms. The number of carbonyl (C=O) groups excluding carboxylic acids is 1. The summed E-state index contributed by atoms with van der Waals surface area (Å²) in [6.45, 7) is 2.95. The summed E-state index contributed by atoms with van der Waals surface area (Å²) in [6.07, 6.45) is 4.66. The van der Waals surface area contributed by atoms with Gasteiger partial charge in [0.25, 0.3) is 0 Å². The summed E-state index contributed by atoms with van der Waals surface area (Å²) in [5, 5.41) is 5.29. The first-order chi connectivity index (χ1) is 9.72. The first-order valence-electron chi connectivity index (χ1n) is 6.74. The number of nitrogens with two attached hydrogens (primary N) is 1. The highest BCUT2D eigenvalue weighted by Crippen LogP contribution is 2.27. The number of ether oxygens (including phenoxy) is 1. The van der Waals surface area contributed by atoms with Gasteiger partial charge in [-0.15, -0.1) is 0 Å². The van der Waals surface area contributed by atoms with Gasteiger partial charge in [0, 0.05) is 47.5 Å². The van der Waals surface area contributed by atoms with Crippen LogP contribution < -0.4 is 11.1 Å². The van der Waals surface area contributed by atoms with Crippen LogP contribution in [0.3, 0.4) is 0 Å². The topological polar surface area (TPSA) is 77.2 Å². The maximum atomic E-state index is 11.2. The van der Waals surface area contributed by atoms with Gasteiger partial charge in [-0.2, -0.15) is 0 Å². The molecule has 3 N–H and O–H groups in total. The van der Waals surface area contributed by atoms with Crippen LogP contribution in [-0.4, -0.2) is 24.1 Å². The lowest BCUT2D eigenvalue weighted by molar-refractivity contribution is -0.143. The molecular weight excluding hydrogens is 254 g/mol. The minimum absolute atomic E-state index is 0.152. The van der Waals surface area contributed by atoms with Crippen LogP contribution in [0.1, 0.15) is 19.8 Å². The Bertz CT molecular complexity index is 599. The van der Waals surface area contributed by atoms with Gasteiger partial charge in [-0.05, 0) is 31.5 Å². The van der Waals surface area contributed by atoms with Gasteiger partial charge in [0.05, 0.1) is 6.61 Å². The third-order valence-electron chi connectivity index (χ3n) is 3.03. The normalized spacial score (nSPS) is 10.4. The van der Waals surface area contributed by atoms with Crippen LogP contribution in [0.25, 0.3) is 10.8 Å². The molecule has 106 valence electrons. The van der Waals surface area contributed by atoms with Crippen molar-refractivity contribution in [1.82, 2.24) is 4.98 Å². The average Bonchev–Trinajstić information content (AvgIpc) is 2.46. The number of nitrogens with one attached hydrogen (secondary N) is 1. The molecule has 1 aromatic heterocycles. The van der Waals surface area contributed by atoms with E-state index in [2.05, 4.69) is 10.3 Å². The molecule has 0 fully saturated rings. The number of esters is 1. The highest BCUT2D eigenvalue weighted by molar-refractivity contribution is 6.00. The van der Waals surface area contributed by atoms with Gasteiger partial charge < -0.3 is 15.8 Å². The first-order valence-corrected chi connectivity index (χ1v) is 6.74. The summed E-state index contributed by atoms with van der Waals surface area (Å²) < 4.78 is 4.89. The van der Waals surface area contributed by atoms with Gasteiger partial charge in [0.1, 0.15) is 0 Å². The van der Waals surface area contributed by atoms with E-state index in [1.54, 1.807) is 12.4 Å². The predicted octanol–water partition coefficient (Wildman–Crippen LogP) is 2.57. The Morgan fingerprint density at radius 3 is 3.00 bits per heavy atom. The smallest absolute Gasteiger partial charge is 0.305 e. The molecule has 5 nitrogen and oxygen atoms in total. The van der Waals surface area contributed by atoms with Crippen molar-refractivity contribution in [3.63, 3.8) is 0 Å². The highest BCUT2D eigenvalue weighted by Gasteiger charge is 2.04. The first kappa shape index (κ1) is 14.1. The van der Waals surface area contributed by atoms with Crippen LogP contribution in [0.5, 0.6) is 0 Å². The summed E-state index contributed by atoms with van der Waals surface area (Å²) in [7, 11) is 0. The monoisotopic (exact) mass is 273 g/mol. The molecule has 2 rings (SSSR count). The maximum absolute atomic E-state index is 11.2. The largest absolute Gasteiger partial charge is 0.466 e. The second-order valence-electron chi connectivity index (χ2n) is 4.46. The zero-order valence-electron chi connectivity index (χ0n) is 11.6. The van der Waals surface area contributed by atoms with E-state index in [1.165, 1.54) is 0 Å². The molecule has 0 saturated heterocycles. The second kappa shape index (κ2) is 6.75. The molecule has 20 heavy (non-hydrogen) atoms. The van der Waals surface area contributed by atoms with Crippen molar-refractivity contribution in [1.29, 1.82) is 0 Å². The van der Waals surface area contributed by atoms with Crippen LogP contribution >= 0.6 is 0 Å². The van der Waals surface area contributed by atoms with Gasteiger partial charge in [0.2, 0.25) is 0 Å². The number of aromatic nitrogens is 1. The van der Waals surface area contributed by atoms with Crippen molar-refractivity contribution in [2.24, 2.45) is 0 Å². The van der Waals surface area contributed by atoms with Crippen molar-refractivity contribution < 1.29 is 9.53 Å². The minimum Gasteiger partial charge on any atom is -0.466 e. The summed E-state index contributed by atoms with van der Waals surface area (Å²) >= 11 is 0. The molecule has 0 aliphatic carbocycles. The number of anilines is 2. The van der Waals surface area contributed by atoms with Crippen LogP contribution in [0.2, 0.25) is 0 Å². The fourth-order valence-corrected chi connectivity index (χ4v) is 2.06. The zero-order chi connectivity index (χ0) is 14.4. The van der Waals surface area contributed by atoms with Gasteiger partial charge in [-0.1, -0.05) is 0 Å². The molecule has 0 bridgehead atoms. The summed E-state index contributed by atoms with van der Waals surface area (Å²) in [4.78, 5) is 15.3. The summed E-state index contributed by atoms with van der Waals surface area (Å²) in [5.74, 6) is -0.152. The van der Waals surface area contributed by atoms with E-state index in [-0.39, 0.29) is 5.97 Å². The molecule has 0 spiro atoms. The van der Waals surface area contributed by atoms with E-state index in [1.807, 2.05) is 25.1 Å². The minimum atomic E-state index is -0.152. The van der Waals surface area contributed by atoms with Crippen molar-refractivity contribution in [2.75, 3.05) is 24.2 Å². The van der Waals surface area contributed by atoms with Crippen LogP contribution in [0.4, 0.5) is 11.4 Å². The lowest BCUT2D eigenvalue weighted by Crippen LogP contribution is -2.08. The molecule has 0 amide bonds. The summed E-state index contributed by atoms with van der Waals surface area (Å²) in [5.41, 5.74) is 7.64. The molecule has 0 unspecified atom stereocenters. The van der Waals surface area contributed by atoms with Crippen LogP contribution in [0.15, 0.2) is 30.6 Å². The standard InChI is InChI=1S/C15H19N3O2/c1-2-20-15(19)4-3-8-18-14-6-5-13(16)12-10-17-9-7-11(12)14/h5-7,9-10,18H,2-4,8,16H2,1H3. The van der Waals surface area contributed by atoms with Crippen molar-refractivity contribution >= 4 is 28.1 Å². The number of nitrogens with zero attached hydrogens (tertiary/aromatic N) is 1. The Morgan fingerprint density at radius 2 is 2.20 bits per heavy atom. The maximum Gasteiger partial charge on any atom is 0.305 e. The molecule has 1 aromatic carbocycles. The fraction of sp³-hybridized carbons (Fsp3) is 0.333. The quantitative estimate of drug-likeness (QED) is 0.480. The number of benzene rings is 1. The molecule has 0 saturated carbocycles. The average molecular weight is 273 g/mol. The van der Waals surface area contributed by atoms with Gasteiger partial charge in [-0.25, -0.2) is 0 Å². The molecular formula is C15H19N3O2. The second-order valence-corrected chi connectivity index (χ2v) is 4.46. The van der Waals surface area contributed by atoms with E-state index in [0.29, 0.717) is 25.3 Å².